The lowest BCUT2D eigenvalue weighted by atomic mass is 10.0. The molecule has 0 aromatic heterocycles. The zero-order valence-corrected chi connectivity index (χ0v) is 11.1. The molecular weight excluding hydrogens is 224 g/mol. The molecule has 98 valence electrons. The Kier molecular flexibility index (Phi) is 4.76. The number of likely N-dealkylation sites (tertiary alicyclic amines) is 1. The quantitative estimate of drug-likeness (QED) is 0.884. The summed E-state index contributed by atoms with van der Waals surface area (Å²) in [5, 5.41) is 2.96. The molecular formula is C15H22N2O. The van der Waals surface area contributed by atoms with Crippen molar-refractivity contribution in [1.82, 2.24) is 10.2 Å². The summed E-state index contributed by atoms with van der Waals surface area (Å²) < 4.78 is 0. The molecule has 1 aliphatic rings. The number of nitrogens with zero attached hydrogens (tertiary/aromatic N) is 1. The molecule has 3 heteroatoms. The minimum absolute atomic E-state index is 0.119. The standard InChI is InChI=1S/C15H22N2O/c1-2-16-15(18)14(13-9-5-3-6-10-13)17-11-7-4-8-12-17/h3,5-6,9-10,14H,2,4,7-8,11-12H2,1H3,(H,16,18). The summed E-state index contributed by atoms with van der Waals surface area (Å²) >= 11 is 0. The van der Waals surface area contributed by atoms with Crippen LogP contribution in [-0.2, 0) is 4.79 Å². The van der Waals surface area contributed by atoms with Crippen molar-refractivity contribution < 1.29 is 4.79 Å². The van der Waals surface area contributed by atoms with Crippen LogP contribution in [0.2, 0.25) is 0 Å². The van der Waals surface area contributed by atoms with Crippen molar-refractivity contribution in [2.75, 3.05) is 19.6 Å². The Hall–Kier alpha value is -1.35. The minimum Gasteiger partial charge on any atom is -0.355 e. The fourth-order valence-corrected chi connectivity index (χ4v) is 2.61. The third-order valence-electron chi connectivity index (χ3n) is 3.47. The highest BCUT2D eigenvalue weighted by Crippen LogP contribution is 2.24. The summed E-state index contributed by atoms with van der Waals surface area (Å²) in [5.41, 5.74) is 1.10. The van der Waals surface area contributed by atoms with E-state index in [9.17, 15) is 4.79 Å². The van der Waals surface area contributed by atoms with Gasteiger partial charge in [0.05, 0.1) is 0 Å². The Balaban J connectivity index is 2.19. The van der Waals surface area contributed by atoms with Crippen LogP contribution in [-0.4, -0.2) is 30.4 Å². The predicted octanol–water partition coefficient (Wildman–Crippen LogP) is 2.35. The predicted molar refractivity (Wildman–Crippen MR) is 73.3 cm³/mol. The van der Waals surface area contributed by atoms with Crippen molar-refractivity contribution in [1.29, 1.82) is 0 Å². The van der Waals surface area contributed by atoms with E-state index in [1.165, 1.54) is 19.3 Å². The van der Waals surface area contributed by atoms with Crippen LogP contribution in [0.15, 0.2) is 30.3 Å². The Morgan fingerprint density at radius 2 is 1.89 bits per heavy atom. The summed E-state index contributed by atoms with van der Waals surface area (Å²) in [6, 6.07) is 9.99. The molecule has 1 aromatic rings. The number of carbonyl (C=O) groups excluding carboxylic acids is 1. The van der Waals surface area contributed by atoms with Crippen molar-refractivity contribution in [2.45, 2.75) is 32.2 Å². The van der Waals surface area contributed by atoms with Crippen LogP contribution in [0.5, 0.6) is 0 Å². The molecule has 1 saturated heterocycles. The molecule has 0 spiro atoms. The normalized spacial score (nSPS) is 18.3. The number of benzene rings is 1. The topological polar surface area (TPSA) is 32.3 Å². The van der Waals surface area contributed by atoms with Crippen molar-refractivity contribution in [2.24, 2.45) is 0 Å². The highest BCUT2D eigenvalue weighted by atomic mass is 16.2. The molecule has 1 heterocycles. The molecule has 0 aliphatic carbocycles. The maximum atomic E-state index is 12.3. The number of amides is 1. The maximum absolute atomic E-state index is 12.3. The monoisotopic (exact) mass is 246 g/mol. The van der Waals surface area contributed by atoms with Crippen molar-refractivity contribution >= 4 is 5.91 Å². The molecule has 1 aromatic carbocycles. The zero-order valence-electron chi connectivity index (χ0n) is 11.1. The molecule has 0 bridgehead atoms. The molecule has 3 nitrogen and oxygen atoms in total. The van der Waals surface area contributed by atoms with Crippen LogP contribution in [0, 0.1) is 0 Å². The van der Waals surface area contributed by atoms with E-state index in [4.69, 9.17) is 0 Å². The summed E-state index contributed by atoms with van der Waals surface area (Å²) in [7, 11) is 0. The lowest BCUT2D eigenvalue weighted by molar-refractivity contribution is -0.127. The average molecular weight is 246 g/mol. The molecule has 1 N–H and O–H groups in total. The number of hydrogen-bond acceptors (Lipinski definition) is 2. The summed E-state index contributed by atoms with van der Waals surface area (Å²) in [6.07, 6.45) is 3.68. The zero-order chi connectivity index (χ0) is 12.8. The van der Waals surface area contributed by atoms with Crippen LogP contribution in [0.3, 0.4) is 0 Å². The molecule has 1 unspecified atom stereocenters. The Labute approximate surface area is 109 Å². The maximum Gasteiger partial charge on any atom is 0.241 e. The van der Waals surface area contributed by atoms with Crippen LogP contribution < -0.4 is 5.32 Å². The van der Waals surface area contributed by atoms with Gasteiger partial charge < -0.3 is 5.32 Å². The Bertz CT molecular complexity index is 371. The van der Waals surface area contributed by atoms with Gasteiger partial charge >= 0.3 is 0 Å². The molecule has 1 aliphatic heterocycles. The van der Waals surface area contributed by atoms with Gasteiger partial charge in [-0.05, 0) is 38.4 Å². The van der Waals surface area contributed by atoms with E-state index in [1.54, 1.807) is 0 Å². The van der Waals surface area contributed by atoms with Crippen molar-refractivity contribution in [3.8, 4) is 0 Å². The van der Waals surface area contributed by atoms with E-state index < -0.39 is 0 Å². The van der Waals surface area contributed by atoms with Crippen LogP contribution >= 0.6 is 0 Å². The fraction of sp³-hybridized carbons (Fsp3) is 0.533. The summed E-state index contributed by atoms with van der Waals surface area (Å²) in [6.45, 7) is 4.71. The van der Waals surface area contributed by atoms with E-state index in [0.717, 1.165) is 18.7 Å². The summed E-state index contributed by atoms with van der Waals surface area (Å²) in [5.74, 6) is 0.130. The number of hydrogen-bond donors (Lipinski definition) is 1. The fourth-order valence-electron chi connectivity index (χ4n) is 2.61. The number of rotatable bonds is 4. The SMILES string of the molecule is CCNC(=O)C(c1ccccc1)N1CCCCC1. The summed E-state index contributed by atoms with van der Waals surface area (Å²) in [4.78, 5) is 14.6. The largest absolute Gasteiger partial charge is 0.355 e. The number of likely N-dealkylation sites (N-methyl/N-ethyl adjacent to an activating group) is 1. The lowest BCUT2D eigenvalue weighted by Gasteiger charge is -2.33. The highest BCUT2D eigenvalue weighted by molar-refractivity contribution is 5.83. The average Bonchev–Trinajstić information content (AvgIpc) is 2.42. The third kappa shape index (κ3) is 3.10. The first-order valence-electron chi connectivity index (χ1n) is 6.89. The Morgan fingerprint density at radius 1 is 1.22 bits per heavy atom. The first-order valence-corrected chi connectivity index (χ1v) is 6.89. The second-order valence-electron chi connectivity index (χ2n) is 4.80. The number of nitrogens with one attached hydrogen (secondary N) is 1. The Morgan fingerprint density at radius 3 is 2.50 bits per heavy atom. The first-order chi connectivity index (χ1) is 8.83. The van der Waals surface area contributed by atoms with Gasteiger partial charge in [-0.25, -0.2) is 0 Å². The molecule has 18 heavy (non-hydrogen) atoms. The van der Waals surface area contributed by atoms with Crippen LogP contribution in [0.25, 0.3) is 0 Å². The molecule has 0 radical (unpaired) electrons. The van der Waals surface area contributed by atoms with Crippen molar-refractivity contribution in [3.05, 3.63) is 35.9 Å². The molecule has 0 saturated carbocycles. The molecule has 1 atom stereocenters. The van der Waals surface area contributed by atoms with Gasteiger partial charge in [0.25, 0.3) is 0 Å². The van der Waals surface area contributed by atoms with Gasteiger partial charge in [0.1, 0.15) is 6.04 Å². The number of piperidine rings is 1. The van der Waals surface area contributed by atoms with Gasteiger partial charge in [-0.1, -0.05) is 36.8 Å². The van der Waals surface area contributed by atoms with E-state index in [0.29, 0.717) is 6.54 Å². The van der Waals surface area contributed by atoms with Gasteiger partial charge in [0, 0.05) is 6.54 Å². The van der Waals surface area contributed by atoms with Crippen LogP contribution in [0.1, 0.15) is 37.8 Å². The van der Waals surface area contributed by atoms with Gasteiger partial charge in [-0.3, -0.25) is 9.69 Å². The smallest absolute Gasteiger partial charge is 0.241 e. The number of carbonyl (C=O) groups is 1. The van der Waals surface area contributed by atoms with Crippen LogP contribution in [0.4, 0.5) is 0 Å². The molecule has 1 amide bonds. The highest BCUT2D eigenvalue weighted by Gasteiger charge is 2.27. The minimum atomic E-state index is -0.119. The van der Waals surface area contributed by atoms with E-state index in [-0.39, 0.29) is 11.9 Å². The van der Waals surface area contributed by atoms with E-state index in [2.05, 4.69) is 22.3 Å². The second kappa shape index (κ2) is 6.55. The lowest BCUT2D eigenvalue weighted by Crippen LogP contribution is -2.42. The third-order valence-corrected chi connectivity index (χ3v) is 3.47. The molecule has 2 rings (SSSR count). The second-order valence-corrected chi connectivity index (χ2v) is 4.80. The van der Waals surface area contributed by atoms with Gasteiger partial charge in [-0.15, -0.1) is 0 Å². The van der Waals surface area contributed by atoms with Crippen molar-refractivity contribution in [3.63, 3.8) is 0 Å². The first kappa shape index (κ1) is 13.1. The van der Waals surface area contributed by atoms with E-state index in [1.807, 2.05) is 25.1 Å². The molecule has 1 fully saturated rings. The van der Waals surface area contributed by atoms with Gasteiger partial charge in [0.2, 0.25) is 5.91 Å². The van der Waals surface area contributed by atoms with E-state index >= 15 is 0 Å². The van der Waals surface area contributed by atoms with Gasteiger partial charge in [-0.2, -0.15) is 0 Å². The van der Waals surface area contributed by atoms with Gasteiger partial charge in [0.15, 0.2) is 0 Å².